The summed E-state index contributed by atoms with van der Waals surface area (Å²) in [6.07, 6.45) is 6.96. The molecule has 1 saturated carbocycles. The van der Waals surface area contributed by atoms with E-state index < -0.39 is 10.0 Å². The summed E-state index contributed by atoms with van der Waals surface area (Å²) >= 11 is 0. The van der Waals surface area contributed by atoms with E-state index in [4.69, 9.17) is 0 Å². The Kier molecular flexibility index (Phi) is 3.83. The molecule has 1 aliphatic heterocycles. The molecule has 2 heterocycles. The maximum Gasteiger partial charge on any atom is 0.260 e. The molecule has 112 valence electrons. The molecule has 1 aromatic rings. The molecular weight excluding hydrogens is 276 g/mol. The molecule has 1 aromatic heterocycles. The Hall–Kier alpha value is -0.920. The van der Waals surface area contributed by atoms with Crippen molar-refractivity contribution in [2.75, 3.05) is 6.54 Å². The lowest BCUT2D eigenvalue weighted by atomic mass is 10.1. The maximum atomic E-state index is 12.8. The van der Waals surface area contributed by atoms with Gasteiger partial charge in [0, 0.05) is 30.7 Å². The summed E-state index contributed by atoms with van der Waals surface area (Å²) < 4.78 is 27.1. The largest absolute Gasteiger partial charge is 0.310 e. The molecule has 1 saturated heterocycles. The van der Waals surface area contributed by atoms with Gasteiger partial charge in [-0.2, -0.15) is 9.40 Å². The number of hydrogen-bond acceptors (Lipinski definition) is 4. The standard InChI is InChI=1S/C13H22N4O2S/c1-10-4-2-3-7-17(10)20(18,19)13-11(9-15-16-13)8-14-12-5-6-12/h9-10,12,14H,2-8H2,1H3,(H,15,16). The SMILES string of the molecule is CC1CCCCN1S(=O)(=O)c1[nH]ncc1CNC1CC1. The van der Waals surface area contributed by atoms with Crippen molar-refractivity contribution in [3.8, 4) is 0 Å². The van der Waals surface area contributed by atoms with Gasteiger partial charge in [-0.15, -0.1) is 0 Å². The first-order chi connectivity index (χ1) is 9.59. The van der Waals surface area contributed by atoms with Crippen LogP contribution in [-0.2, 0) is 16.6 Å². The minimum Gasteiger partial charge on any atom is -0.310 e. The highest BCUT2D eigenvalue weighted by atomic mass is 32.2. The number of aromatic amines is 1. The third-order valence-electron chi connectivity index (χ3n) is 4.15. The van der Waals surface area contributed by atoms with Crippen LogP contribution >= 0.6 is 0 Å². The van der Waals surface area contributed by atoms with Crippen LogP contribution in [0.3, 0.4) is 0 Å². The molecule has 0 amide bonds. The Morgan fingerprint density at radius 3 is 2.90 bits per heavy atom. The Morgan fingerprint density at radius 1 is 1.40 bits per heavy atom. The molecule has 0 bridgehead atoms. The first kappa shape index (κ1) is 14.0. The number of piperidine rings is 1. The summed E-state index contributed by atoms with van der Waals surface area (Å²) in [7, 11) is -3.45. The first-order valence-electron chi connectivity index (χ1n) is 7.36. The summed E-state index contributed by atoms with van der Waals surface area (Å²) in [6, 6.07) is 0.621. The Morgan fingerprint density at radius 2 is 2.20 bits per heavy atom. The molecule has 2 fully saturated rings. The second-order valence-electron chi connectivity index (χ2n) is 5.84. The summed E-state index contributed by atoms with van der Waals surface area (Å²) in [5.74, 6) is 0. The number of rotatable bonds is 5. The predicted molar refractivity (Wildman–Crippen MR) is 75.7 cm³/mol. The number of sulfonamides is 1. The van der Waals surface area contributed by atoms with E-state index in [9.17, 15) is 8.42 Å². The highest BCUT2D eigenvalue weighted by molar-refractivity contribution is 7.89. The average Bonchev–Trinajstić information content (AvgIpc) is 3.12. The number of nitrogens with one attached hydrogen (secondary N) is 2. The van der Waals surface area contributed by atoms with E-state index >= 15 is 0 Å². The zero-order valence-electron chi connectivity index (χ0n) is 11.8. The normalized spacial score (nSPS) is 24.9. The monoisotopic (exact) mass is 298 g/mol. The zero-order chi connectivity index (χ0) is 14.2. The third-order valence-corrected chi connectivity index (χ3v) is 6.17. The van der Waals surface area contributed by atoms with Crippen LogP contribution in [0.1, 0.15) is 44.6 Å². The van der Waals surface area contributed by atoms with Gasteiger partial charge in [0.05, 0.1) is 6.20 Å². The van der Waals surface area contributed by atoms with Crippen molar-refractivity contribution in [3.63, 3.8) is 0 Å². The van der Waals surface area contributed by atoms with Gasteiger partial charge >= 0.3 is 0 Å². The second kappa shape index (κ2) is 5.46. The van der Waals surface area contributed by atoms with Crippen LogP contribution in [0, 0.1) is 0 Å². The van der Waals surface area contributed by atoms with E-state index in [0.717, 1.165) is 24.8 Å². The fourth-order valence-electron chi connectivity index (χ4n) is 2.74. The van der Waals surface area contributed by atoms with Gasteiger partial charge < -0.3 is 5.32 Å². The van der Waals surface area contributed by atoms with Crippen LogP contribution in [0.15, 0.2) is 11.2 Å². The number of H-pyrrole nitrogens is 1. The molecule has 0 spiro atoms. The molecule has 1 aliphatic carbocycles. The average molecular weight is 298 g/mol. The van der Waals surface area contributed by atoms with Crippen molar-refractivity contribution in [2.24, 2.45) is 0 Å². The van der Waals surface area contributed by atoms with E-state index in [1.165, 1.54) is 12.8 Å². The highest BCUT2D eigenvalue weighted by Crippen LogP contribution is 2.26. The van der Waals surface area contributed by atoms with Crippen molar-refractivity contribution in [1.82, 2.24) is 19.8 Å². The zero-order valence-corrected chi connectivity index (χ0v) is 12.6. The van der Waals surface area contributed by atoms with Crippen LogP contribution in [0.5, 0.6) is 0 Å². The molecule has 0 radical (unpaired) electrons. The minimum absolute atomic E-state index is 0.0706. The van der Waals surface area contributed by atoms with Crippen LogP contribution in [-0.4, -0.2) is 41.5 Å². The number of aromatic nitrogens is 2. The topological polar surface area (TPSA) is 78.1 Å². The lowest BCUT2D eigenvalue weighted by molar-refractivity contribution is 0.267. The van der Waals surface area contributed by atoms with E-state index in [1.807, 2.05) is 6.92 Å². The van der Waals surface area contributed by atoms with Gasteiger partial charge in [0.1, 0.15) is 0 Å². The first-order valence-corrected chi connectivity index (χ1v) is 8.80. The molecule has 2 aliphatic rings. The van der Waals surface area contributed by atoms with Crippen molar-refractivity contribution < 1.29 is 8.42 Å². The van der Waals surface area contributed by atoms with E-state index in [2.05, 4.69) is 15.5 Å². The fourth-order valence-corrected chi connectivity index (χ4v) is 4.54. The molecule has 1 atom stereocenters. The van der Waals surface area contributed by atoms with Gasteiger partial charge in [-0.1, -0.05) is 6.42 Å². The van der Waals surface area contributed by atoms with Crippen LogP contribution in [0.2, 0.25) is 0 Å². The van der Waals surface area contributed by atoms with Crippen molar-refractivity contribution in [1.29, 1.82) is 0 Å². The Balaban J connectivity index is 1.80. The second-order valence-corrected chi connectivity index (χ2v) is 7.67. The molecular formula is C13H22N4O2S. The molecule has 20 heavy (non-hydrogen) atoms. The van der Waals surface area contributed by atoms with E-state index in [1.54, 1.807) is 10.5 Å². The van der Waals surface area contributed by atoms with Gasteiger partial charge in [0.15, 0.2) is 5.03 Å². The van der Waals surface area contributed by atoms with Crippen LogP contribution in [0.25, 0.3) is 0 Å². The van der Waals surface area contributed by atoms with Crippen molar-refractivity contribution in [3.05, 3.63) is 11.8 Å². The third kappa shape index (κ3) is 2.75. The Bertz CT molecular complexity index is 565. The lowest BCUT2D eigenvalue weighted by Crippen LogP contribution is -2.42. The van der Waals surface area contributed by atoms with Gasteiger partial charge in [-0.3, -0.25) is 5.10 Å². The minimum atomic E-state index is -3.45. The van der Waals surface area contributed by atoms with Crippen molar-refractivity contribution in [2.45, 2.75) is 62.7 Å². The molecule has 7 heteroatoms. The smallest absolute Gasteiger partial charge is 0.260 e. The molecule has 3 rings (SSSR count). The lowest BCUT2D eigenvalue weighted by Gasteiger charge is -2.32. The van der Waals surface area contributed by atoms with Gasteiger partial charge in [-0.05, 0) is 32.6 Å². The maximum absolute atomic E-state index is 12.8. The van der Waals surface area contributed by atoms with Gasteiger partial charge in [0.2, 0.25) is 0 Å². The Labute approximate surface area is 120 Å². The van der Waals surface area contributed by atoms with Gasteiger partial charge in [0.25, 0.3) is 10.0 Å². The predicted octanol–water partition coefficient (Wildman–Crippen LogP) is 1.22. The fraction of sp³-hybridized carbons (Fsp3) is 0.769. The molecule has 2 N–H and O–H groups in total. The quantitative estimate of drug-likeness (QED) is 0.857. The van der Waals surface area contributed by atoms with E-state index in [-0.39, 0.29) is 11.1 Å². The molecule has 1 unspecified atom stereocenters. The van der Waals surface area contributed by atoms with Gasteiger partial charge in [-0.25, -0.2) is 8.42 Å². The summed E-state index contributed by atoms with van der Waals surface area (Å²) in [5, 5.41) is 10.2. The van der Waals surface area contributed by atoms with Crippen molar-refractivity contribution >= 4 is 10.0 Å². The molecule has 0 aromatic carbocycles. The number of nitrogens with zero attached hydrogens (tertiary/aromatic N) is 2. The summed E-state index contributed by atoms with van der Waals surface area (Å²) in [6.45, 7) is 3.16. The summed E-state index contributed by atoms with van der Waals surface area (Å²) in [4.78, 5) is 0. The summed E-state index contributed by atoms with van der Waals surface area (Å²) in [5.41, 5.74) is 0.745. The van der Waals surface area contributed by atoms with E-state index in [0.29, 0.717) is 19.1 Å². The highest BCUT2D eigenvalue weighted by Gasteiger charge is 2.34. The molecule has 6 nitrogen and oxygen atoms in total. The van der Waals surface area contributed by atoms with Crippen LogP contribution in [0.4, 0.5) is 0 Å². The van der Waals surface area contributed by atoms with Crippen LogP contribution < -0.4 is 5.32 Å². The number of hydrogen-bond donors (Lipinski definition) is 2.